The average molecular weight is 572 g/mol. The topological polar surface area (TPSA) is 43.9 Å². The number of benzene rings is 5. The lowest BCUT2D eigenvalue weighted by atomic mass is 9.87. The standard InChI is InChI=1S/C40H33N3O/c1-24(2)32-23-27-15-8-9-16-28(27)36(25(3)4)37(32)43-35-20-11-10-19-34(35)41-39(43)31-18-12-17-29-30-21-22-33(26-13-6-5-7-14-26)42-40(30)44-38(29)31/h5-25H,1-4H3. The van der Waals surface area contributed by atoms with Gasteiger partial charge in [-0.25, -0.2) is 9.97 Å². The lowest BCUT2D eigenvalue weighted by Crippen LogP contribution is -2.09. The first-order valence-corrected chi connectivity index (χ1v) is 15.4. The summed E-state index contributed by atoms with van der Waals surface area (Å²) in [6.07, 6.45) is 0. The van der Waals surface area contributed by atoms with Crippen LogP contribution in [0.3, 0.4) is 0 Å². The van der Waals surface area contributed by atoms with Crippen LogP contribution in [-0.4, -0.2) is 14.5 Å². The van der Waals surface area contributed by atoms with Crippen LogP contribution in [0.2, 0.25) is 0 Å². The Morgan fingerprint density at radius 2 is 1.39 bits per heavy atom. The SMILES string of the molecule is CC(C)c1cc2ccccc2c(C(C)C)c1-n1c(-c2cccc3c2oc2nc(-c4ccccc4)ccc23)nc2ccccc21. The van der Waals surface area contributed by atoms with Crippen molar-refractivity contribution in [2.24, 2.45) is 0 Å². The molecule has 0 bridgehead atoms. The summed E-state index contributed by atoms with van der Waals surface area (Å²) in [7, 11) is 0. The summed E-state index contributed by atoms with van der Waals surface area (Å²) < 4.78 is 9.03. The van der Waals surface area contributed by atoms with E-state index in [9.17, 15) is 0 Å². The van der Waals surface area contributed by atoms with Crippen molar-refractivity contribution in [3.63, 3.8) is 0 Å². The van der Waals surface area contributed by atoms with Crippen LogP contribution < -0.4 is 0 Å². The number of imidazole rings is 1. The minimum absolute atomic E-state index is 0.296. The van der Waals surface area contributed by atoms with Gasteiger partial charge in [-0.3, -0.25) is 4.57 Å². The molecule has 5 aromatic carbocycles. The number of nitrogens with zero attached hydrogens (tertiary/aromatic N) is 3. The summed E-state index contributed by atoms with van der Waals surface area (Å²) in [6.45, 7) is 9.16. The molecule has 0 amide bonds. The van der Waals surface area contributed by atoms with Gasteiger partial charge in [0.25, 0.3) is 0 Å². The molecule has 4 heteroatoms. The zero-order valence-electron chi connectivity index (χ0n) is 25.4. The largest absolute Gasteiger partial charge is 0.437 e. The van der Waals surface area contributed by atoms with E-state index in [-0.39, 0.29) is 0 Å². The highest BCUT2D eigenvalue weighted by Crippen LogP contribution is 2.43. The van der Waals surface area contributed by atoms with Gasteiger partial charge in [0.15, 0.2) is 0 Å². The smallest absolute Gasteiger partial charge is 0.227 e. The van der Waals surface area contributed by atoms with Crippen molar-refractivity contribution in [3.05, 3.63) is 126 Å². The van der Waals surface area contributed by atoms with Crippen molar-refractivity contribution >= 4 is 43.9 Å². The monoisotopic (exact) mass is 571 g/mol. The summed E-state index contributed by atoms with van der Waals surface area (Å²) in [5.74, 6) is 1.48. The van der Waals surface area contributed by atoms with Gasteiger partial charge < -0.3 is 4.42 Å². The molecule has 214 valence electrons. The van der Waals surface area contributed by atoms with Crippen molar-refractivity contribution in [1.29, 1.82) is 0 Å². The van der Waals surface area contributed by atoms with E-state index >= 15 is 0 Å². The van der Waals surface area contributed by atoms with Gasteiger partial charge in [0, 0.05) is 16.3 Å². The maximum absolute atomic E-state index is 6.65. The first-order valence-electron chi connectivity index (χ1n) is 15.4. The van der Waals surface area contributed by atoms with E-state index in [1.54, 1.807) is 0 Å². The van der Waals surface area contributed by atoms with Crippen molar-refractivity contribution in [3.8, 4) is 28.3 Å². The van der Waals surface area contributed by atoms with Crippen LogP contribution in [0.25, 0.3) is 72.2 Å². The maximum Gasteiger partial charge on any atom is 0.227 e. The Labute approximate surface area is 256 Å². The van der Waals surface area contributed by atoms with Crippen LogP contribution in [0.1, 0.15) is 50.7 Å². The maximum atomic E-state index is 6.65. The number of furan rings is 1. The predicted octanol–water partition coefficient (Wildman–Crippen LogP) is 11.1. The molecule has 0 aliphatic carbocycles. The van der Waals surface area contributed by atoms with E-state index in [0.29, 0.717) is 17.5 Å². The molecule has 0 radical (unpaired) electrons. The second-order valence-corrected chi connectivity index (χ2v) is 12.2. The van der Waals surface area contributed by atoms with Gasteiger partial charge in [0.1, 0.15) is 11.4 Å². The molecule has 3 aromatic heterocycles. The van der Waals surface area contributed by atoms with E-state index < -0.39 is 0 Å². The van der Waals surface area contributed by atoms with E-state index in [1.165, 1.54) is 27.6 Å². The molecule has 3 heterocycles. The Morgan fingerprint density at radius 1 is 0.636 bits per heavy atom. The summed E-state index contributed by atoms with van der Waals surface area (Å²) in [5, 5.41) is 4.59. The molecule has 0 saturated carbocycles. The second kappa shape index (κ2) is 10.2. The van der Waals surface area contributed by atoms with Gasteiger partial charge in [-0.2, -0.15) is 0 Å². The molecule has 0 N–H and O–H groups in total. The molecule has 0 fully saturated rings. The number of hydrogen-bond donors (Lipinski definition) is 0. The van der Waals surface area contributed by atoms with Gasteiger partial charge in [-0.05, 0) is 70.1 Å². The molecule has 0 spiro atoms. The Hall–Kier alpha value is -5.22. The summed E-state index contributed by atoms with van der Waals surface area (Å²) in [6, 6.07) is 40.4. The van der Waals surface area contributed by atoms with Crippen molar-refractivity contribution in [1.82, 2.24) is 14.5 Å². The molecule has 0 saturated heterocycles. The number of fused-ring (bicyclic) bond motifs is 5. The van der Waals surface area contributed by atoms with Gasteiger partial charge in [0.2, 0.25) is 5.71 Å². The molecular formula is C40H33N3O. The normalized spacial score (nSPS) is 12.0. The van der Waals surface area contributed by atoms with Crippen molar-refractivity contribution in [2.75, 3.05) is 0 Å². The quantitative estimate of drug-likeness (QED) is 0.206. The van der Waals surface area contributed by atoms with Gasteiger partial charge in [0.05, 0.1) is 28.0 Å². The molecule has 8 aromatic rings. The molecule has 8 rings (SSSR count). The van der Waals surface area contributed by atoms with Crippen molar-refractivity contribution in [2.45, 2.75) is 39.5 Å². The number of rotatable bonds is 5. The van der Waals surface area contributed by atoms with Gasteiger partial charge >= 0.3 is 0 Å². The third kappa shape index (κ3) is 4.05. The number of pyridine rings is 1. The summed E-state index contributed by atoms with van der Waals surface area (Å²) in [4.78, 5) is 10.3. The molecule has 44 heavy (non-hydrogen) atoms. The minimum Gasteiger partial charge on any atom is -0.437 e. The molecule has 0 aliphatic rings. The van der Waals surface area contributed by atoms with Crippen LogP contribution in [-0.2, 0) is 0 Å². The third-order valence-corrected chi connectivity index (χ3v) is 8.75. The van der Waals surface area contributed by atoms with Crippen LogP contribution in [0, 0.1) is 0 Å². The summed E-state index contributed by atoms with van der Waals surface area (Å²) >= 11 is 0. The van der Waals surface area contributed by atoms with Crippen molar-refractivity contribution < 1.29 is 4.42 Å². The van der Waals surface area contributed by atoms with Crippen LogP contribution >= 0.6 is 0 Å². The number of para-hydroxylation sites is 3. The second-order valence-electron chi connectivity index (χ2n) is 12.2. The molecule has 0 aliphatic heterocycles. The Balaban J connectivity index is 1.46. The third-order valence-electron chi connectivity index (χ3n) is 8.75. The van der Waals surface area contributed by atoms with E-state index in [0.717, 1.165) is 50.0 Å². The zero-order valence-corrected chi connectivity index (χ0v) is 25.4. The highest BCUT2D eigenvalue weighted by Gasteiger charge is 2.26. The molecular weight excluding hydrogens is 538 g/mol. The molecule has 0 atom stereocenters. The predicted molar refractivity (Wildman–Crippen MR) is 183 cm³/mol. The fraction of sp³-hybridized carbons (Fsp3) is 0.150. The van der Waals surface area contributed by atoms with E-state index in [4.69, 9.17) is 14.4 Å². The fourth-order valence-electron chi connectivity index (χ4n) is 6.72. The number of aromatic nitrogens is 3. The first-order chi connectivity index (χ1) is 21.5. The average Bonchev–Trinajstić information content (AvgIpc) is 3.62. The lowest BCUT2D eigenvalue weighted by molar-refractivity contribution is 0.655. The van der Waals surface area contributed by atoms with Gasteiger partial charge in [-0.1, -0.05) is 107 Å². The number of hydrogen-bond acceptors (Lipinski definition) is 3. The highest BCUT2D eigenvalue weighted by atomic mass is 16.3. The first kappa shape index (κ1) is 26.4. The minimum atomic E-state index is 0.296. The summed E-state index contributed by atoms with van der Waals surface area (Å²) in [5.41, 5.74) is 10.2. The fourth-order valence-corrected chi connectivity index (χ4v) is 6.72. The van der Waals surface area contributed by atoms with Crippen LogP contribution in [0.5, 0.6) is 0 Å². The van der Waals surface area contributed by atoms with Gasteiger partial charge in [-0.15, -0.1) is 0 Å². The van der Waals surface area contributed by atoms with E-state index in [1.807, 2.05) is 18.2 Å². The Bertz CT molecular complexity index is 2340. The molecule has 4 nitrogen and oxygen atoms in total. The highest BCUT2D eigenvalue weighted by molar-refractivity contribution is 6.09. The Kier molecular flexibility index (Phi) is 6.12. The zero-order chi connectivity index (χ0) is 29.9. The molecule has 0 unspecified atom stereocenters. The lowest BCUT2D eigenvalue weighted by Gasteiger charge is -2.25. The van der Waals surface area contributed by atoms with Crippen LogP contribution in [0.15, 0.2) is 120 Å². The van der Waals surface area contributed by atoms with Crippen LogP contribution in [0.4, 0.5) is 0 Å². The Morgan fingerprint density at radius 3 is 2.20 bits per heavy atom. The van der Waals surface area contributed by atoms with E-state index in [2.05, 4.69) is 129 Å².